The molecule has 0 radical (unpaired) electrons. The van der Waals surface area contributed by atoms with Gasteiger partial charge in [0.1, 0.15) is 23.5 Å². The predicted molar refractivity (Wildman–Crippen MR) is 99.2 cm³/mol. The standard InChI is InChI=1S/C19H19N5O/c1-9-5-6-14(25)11(3)16(9)24-18-13(7-10(2)12(4)23-18)15-17(20)21-8-22-19(15)24/h5-8,25H,1-4H3,(H2,20,21,22). The van der Waals surface area contributed by atoms with Gasteiger partial charge in [0, 0.05) is 16.6 Å². The Labute approximate surface area is 145 Å². The summed E-state index contributed by atoms with van der Waals surface area (Å²) < 4.78 is 1.97. The Morgan fingerprint density at radius 3 is 2.52 bits per heavy atom. The summed E-state index contributed by atoms with van der Waals surface area (Å²) in [6, 6.07) is 5.67. The van der Waals surface area contributed by atoms with Crippen LogP contribution < -0.4 is 5.73 Å². The first kappa shape index (κ1) is 15.4. The number of hydrogen-bond donors (Lipinski definition) is 2. The molecule has 0 bridgehead atoms. The molecule has 0 saturated carbocycles. The predicted octanol–water partition coefficient (Wildman–Crippen LogP) is 3.49. The molecule has 0 spiro atoms. The molecule has 0 aliphatic carbocycles. The van der Waals surface area contributed by atoms with Crippen LogP contribution >= 0.6 is 0 Å². The Hall–Kier alpha value is -3.15. The summed E-state index contributed by atoms with van der Waals surface area (Å²) in [5.41, 5.74) is 12.3. The van der Waals surface area contributed by atoms with Crippen molar-refractivity contribution in [3.8, 4) is 11.4 Å². The summed E-state index contributed by atoms with van der Waals surface area (Å²) in [4.78, 5) is 13.4. The Morgan fingerprint density at radius 1 is 1.00 bits per heavy atom. The number of phenolic OH excluding ortho intramolecular Hbond substituents is 1. The van der Waals surface area contributed by atoms with E-state index in [1.54, 1.807) is 6.07 Å². The van der Waals surface area contributed by atoms with Crippen LogP contribution in [-0.4, -0.2) is 24.6 Å². The van der Waals surface area contributed by atoms with Gasteiger partial charge in [-0.3, -0.25) is 4.57 Å². The first-order valence-electron chi connectivity index (χ1n) is 8.08. The van der Waals surface area contributed by atoms with E-state index in [0.29, 0.717) is 11.5 Å². The molecule has 3 N–H and O–H groups in total. The summed E-state index contributed by atoms with van der Waals surface area (Å²) >= 11 is 0. The maximum absolute atomic E-state index is 10.2. The minimum absolute atomic E-state index is 0.237. The van der Waals surface area contributed by atoms with Crippen molar-refractivity contribution in [3.05, 3.63) is 46.9 Å². The Kier molecular flexibility index (Phi) is 3.18. The second-order valence-corrected chi connectivity index (χ2v) is 6.43. The van der Waals surface area contributed by atoms with Crippen LogP contribution in [0.1, 0.15) is 22.4 Å². The third-order valence-corrected chi connectivity index (χ3v) is 4.82. The van der Waals surface area contributed by atoms with Crippen molar-refractivity contribution >= 4 is 27.9 Å². The SMILES string of the molecule is Cc1cc2c3c(N)ncnc3n(-c3c(C)ccc(O)c3C)c2nc1C. The average molecular weight is 333 g/mol. The molecule has 0 saturated heterocycles. The Bertz CT molecular complexity index is 1160. The summed E-state index contributed by atoms with van der Waals surface area (Å²) in [5.74, 6) is 0.663. The number of hydrogen-bond acceptors (Lipinski definition) is 5. The highest BCUT2D eigenvalue weighted by atomic mass is 16.3. The van der Waals surface area contributed by atoms with Gasteiger partial charge < -0.3 is 10.8 Å². The summed E-state index contributed by atoms with van der Waals surface area (Å²) in [7, 11) is 0. The van der Waals surface area contributed by atoms with E-state index in [2.05, 4.69) is 16.0 Å². The molecule has 0 fully saturated rings. The lowest BCUT2D eigenvalue weighted by molar-refractivity contribution is 0.470. The zero-order chi connectivity index (χ0) is 17.9. The highest BCUT2D eigenvalue weighted by Crippen LogP contribution is 2.36. The van der Waals surface area contributed by atoms with E-state index in [1.807, 2.05) is 38.3 Å². The molecule has 0 aliphatic rings. The molecule has 0 amide bonds. The number of aryl methyl sites for hydroxylation is 3. The number of nitrogens with two attached hydrogens (primary N) is 1. The van der Waals surface area contributed by atoms with Gasteiger partial charge in [-0.05, 0) is 51.0 Å². The van der Waals surface area contributed by atoms with Crippen LogP contribution in [0.25, 0.3) is 27.8 Å². The molecule has 0 unspecified atom stereocenters. The normalized spacial score (nSPS) is 11.5. The smallest absolute Gasteiger partial charge is 0.152 e. The van der Waals surface area contributed by atoms with Gasteiger partial charge in [-0.2, -0.15) is 0 Å². The lowest BCUT2D eigenvalue weighted by atomic mass is 10.1. The van der Waals surface area contributed by atoms with Gasteiger partial charge in [0.2, 0.25) is 0 Å². The number of benzene rings is 1. The van der Waals surface area contributed by atoms with Gasteiger partial charge in [0.25, 0.3) is 0 Å². The second kappa shape index (κ2) is 5.17. The maximum atomic E-state index is 10.2. The van der Waals surface area contributed by atoms with Gasteiger partial charge in [-0.25, -0.2) is 15.0 Å². The van der Waals surface area contributed by atoms with Gasteiger partial charge in [0.15, 0.2) is 5.65 Å². The molecular formula is C19H19N5O. The van der Waals surface area contributed by atoms with Crippen LogP contribution in [-0.2, 0) is 0 Å². The summed E-state index contributed by atoms with van der Waals surface area (Å²) in [6.45, 7) is 7.90. The van der Waals surface area contributed by atoms with Crippen molar-refractivity contribution in [1.29, 1.82) is 0 Å². The maximum Gasteiger partial charge on any atom is 0.152 e. The Balaban J connectivity index is 2.30. The number of fused-ring (bicyclic) bond motifs is 3. The molecule has 3 aromatic heterocycles. The number of phenols is 1. The van der Waals surface area contributed by atoms with Crippen molar-refractivity contribution in [3.63, 3.8) is 0 Å². The summed E-state index contributed by atoms with van der Waals surface area (Å²) in [6.07, 6.45) is 1.46. The van der Waals surface area contributed by atoms with E-state index < -0.39 is 0 Å². The van der Waals surface area contributed by atoms with E-state index in [4.69, 9.17) is 10.7 Å². The minimum Gasteiger partial charge on any atom is -0.508 e. The number of rotatable bonds is 1. The van der Waals surface area contributed by atoms with E-state index >= 15 is 0 Å². The van der Waals surface area contributed by atoms with Crippen LogP contribution in [0, 0.1) is 27.7 Å². The van der Waals surface area contributed by atoms with Crippen molar-refractivity contribution in [2.24, 2.45) is 0 Å². The lowest BCUT2D eigenvalue weighted by Gasteiger charge is -2.14. The zero-order valence-electron chi connectivity index (χ0n) is 14.6. The number of aromatic hydroxyl groups is 1. The van der Waals surface area contributed by atoms with Gasteiger partial charge in [0.05, 0.1) is 11.1 Å². The zero-order valence-corrected chi connectivity index (χ0v) is 14.6. The van der Waals surface area contributed by atoms with Crippen molar-refractivity contribution in [1.82, 2.24) is 19.5 Å². The molecule has 0 aliphatic heterocycles. The lowest BCUT2D eigenvalue weighted by Crippen LogP contribution is -2.03. The number of anilines is 1. The number of nitrogens with zero attached hydrogens (tertiary/aromatic N) is 4. The molecule has 6 nitrogen and oxygen atoms in total. The molecule has 3 heterocycles. The van der Waals surface area contributed by atoms with Crippen molar-refractivity contribution in [2.45, 2.75) is 27.7 Å². The minimum atomic E-state index is 0.237. The van der Waals surface area contributed by atoms with Crippen LogP contribution in [0.5, 0.6) is 5.75 Å². The third-order valence-electron chi connectivity index (χ3n) is 4.82. The molecule has 126 valence electrons. The molecule has 4 aromatic rings. The van der Waals surface area contributed by atoms with Crippen LogP contribution in [0.4, 0.5) is 5.82 Å². The number of pyridine rings is 1. The highest BCUT2D eigenvalue weighted by Gasteiger charge is 2.21. The molecular weight excluding hydrogens is 314 g/mol. The van der Waals surface area contributed by atoms with Crippen LogP contribution in [0.3, 0.4) is 0 Å². The monoisotopic (exact) mass is 333 g/mol. The first-order valence-corrected chi connectivity index (χ1v) is 8.08. The van der Waals surface area contributed by atoms with Gasteiger partial charge >= 0.3 is 0 Å². The molecule has 4 rings (SSSR count). The third kappa shape index (κ3) is 2.07. The fraction of sp³-hybridized carbons (Fsp3) is 0.211. The molecule has 25 heavy (non-hydrogen) atoms. The van der Waals surface area contributed by atoms with E-state index in [-0.39, 0.29) is 5.75 Å². The average Bonchev–Trinajstić information content (AvgIpc) is 2.87. The molecule has 6 heteroatoms. The largest absolute Gasteiger partial charge is 0.508 e. The van der Waals surface area contributed by atoms with Gasteiger partial charge in [-0.15, -0.1) is 0 Å². The van der Waals surface area contributed by atoms with Crippen molar-refractivity contribution in [2.75, 3.05) is 5.73 Å². The van der Waals surface area contributed by atoms with E-state index in [9.17, 15) is 5.11 Å². The fourth-order valence-electron chi connectivity index (χ4n) is 3.35. The highest BCUT2D eigenvalue weighted by molar-refractivity contribution is 6.11. The van der Waals surface area contributed by atoms with Gasteiger partial charge in [-0.1, -0.05) is 6.07 Å². The quantitative estimate of drug-likeness (QED) is 0.556. The number of aromatic nitrogens is 4. The molecule has 0 atom stereocenters. The summed E-state index contributed by atoms with van der Waals surface area (Å²) in [5, 5.41) is 11.9. The topological polar surface area (TPSA) is 89.8 Å². The Morgan fingerprint density at radius 2 is 1.76 bits per heavy atom. The van der Waals surface area contributed by atoms with Crippen LogP contribution in [0.15, 0.2) is 24.5 Å². The fourth-order valence-corrected chi connectivity index (χ4v) is 3.35. The second-order valence-electron chi connectivity index (χ2n) is 6.43. The number of nitrogen functional groups attached to an aromatic ring is 1. The van der Waals surface area contributed by atoms with E-state index in [0.717, 1.165) is 44.5 Å². The van der Waals surface area contributed by atoms with E-state index in [1.165, 1.54) is 6.33 Å². The van der Waals surface area contributed by atoms with Crippen LogP contribution in [0.2, 0.25) is 0 Å². The van der Waals surface area contributed by atoms with Crippen molar-refractivity contribution < 1.29 is 5.11 Å². The first-order chi connectivity index (χ1) is 11.9. The molecule has 1 aromatic carbocycles.